The number of aromatic nitrogens is 2. The summed E-state index contributed by atoms with van der Waals surface area (Å²) in [6.45, 7) is 3.41. The molecule has 4 rings (SSSR count). The Bertz CT molecular complexity index is 1290. The second-order valence-corrected chi connectivity index (χ2v) is 10.7. The van der Waals surface area contributed by atoms with Crippen molar-refractivity contribution in [2.75, 3.05) is 16.0 Å². The van der Waals surface area contributed by atoms with Crippen LogP contribution in [0.15, 0.2) is 64.0 Å². The largest absolute Gasteiger partial charge is 0.360 e. The third kappa shape index (κ3) is 6.38. The average molecular weight is 535 g/mol. The highest BCUT2D eigenvalue weighted by atomic mass is 32.2. The van der Waals surface area contributed by atoms with Crippen LogP contribution >= 0.6 is 34.9 Å². The van der Waals surface area contributed by atoms with Crippen LogP contribution in [0, 0.1) is 6.92 Å². The zero-order chi connectivity index (χ0) is 24.9. The van der Waals surface area contributed by atoms with Crippen molar-refractivity contribution in [3.05, 3.63) is 60.4 Å². The number of hydrogen-bond acceptors (Lipinski definition) is 8. The number of nitrogens with zero attached hydrogens (tertiary/aromatic N) is 3. The Morgan fingerprint density at radius 2 is 1.91 bits per heavy atom. The van der Waals surface area contributed by atoms with Crippen molar-refractivity contribution < 1.29 is 22.9 Å². The number of nitrogens with one attached hydrogen (secondary N) is 1. The topological polar surface area (TPSA) is 88.3 Å². The van der Waals surface area contributed by atoms with Gasteiger partial charge < -0.3 is 9.84 Å². The number of rotatable bonds is 9. The van der Waals surface area contributed by atoms with Crippen molar-refractivity contribution >= 4 is 73.5 Å². The molecule has 0 radical (unpaired) electrons. The lowest BCUT2D eigenvalue weighted by atomic mass is 10.3. The number of alkyl halides is 2. The van der Waals surface area contributed by atoms with Gasteiger partial charge in [-0.1, -0.05) is 40.4 Å². The molecule has 2 amide bonds. The molecule has 4 aromatic rings. The zero-order valence-electron chi connectivity index (χ0n) is 18.6. The van der Waals surface area contributed by atoms with Gasteiger partial charge in [0.1, 0.15) is 5.76 Å². The van der Waals surface area contributed by atoms with Gasteiger partial charge in [0, 0.05) is 11.0 Å². The standard InChI is InChI=1S/C23H20F2N4O3S3/c1-13-11-19(28-32-13)27-21(31)14(2)33-12-20(30)29(15-7-9-16(10-8-15)34-22(24)25)23-26-17-5-3-4-6-18(17)35-23/h3-11,14,22H,12H2,1-2H3,(H,27,28,31). The van der Waals surface area contributed by atoms with Crippen molar-refractivity contribution in [2.45, 2.75) is 29.8 Å². The molecule has 1 unspecified atom stereocenters. The monoisotopic (exact) mass is 534 g/mol. The summed E-state index contributed by atoms with van der Waals surface area (Å²) >= 11 is 2.95. The molecular formula is C23H20F2N4O3S3. The smallest absolute Gasteiger partial charge is 0.288 e. The summed E-state index contributed by atoms with van der Waals surface area (Å²) in [5.41, 5.74) is 1.25. The minimum Gasteiger partial charge on any atom is -0.360 e. The van der Waals surface area contributed by atoms with E-state index in [1.54, 1.807) is 44.2 Å². The molecule has 2 aromatic carbocycles. The third-order valence-electron chi connectivity index (χ3n) is 4.75. The highest BCUT2D eigenvalue weighted by Gasteiger charge is 2.24. The number of fused-ring (bicyclic) bond motifs is 1. The van der Waals surface area contributed by atoms with E-state index in [0.717, 1.165) is 10.2 Å². The van der Waals surface area contributed by atoms with Gasteiger partial charge in [0.25, 0.3) is 5.76 Å². The molecule has 0 bridgehead atoms. The number of amides is 2. The van der Waals surface area contributed by atoms with Crippen LogP contribution in [-0.4, -0.2) is 38.7 Å². The SMILES string of the molecule is Cc1cc(NC(=O)C(C)SCC(=O)N(c2ccc(SC(F)F)cc2)c2nc3ccccc3s2)no1. The summed E-state index contributed by atoms with van der Waals surface area (Å²) in [7, 11) is 0. The lowest BCUT2D eigenvalue weighted by Crippen LogP contribution is -2.30. The highest BCUT2D eigenvalue weighted by Crippen LogP contribution is 2.35. The molecule has 0 saturated heterocycles. The molecule has 2 aromatic heterocycles. The molecule has 1 atom stereocenters. The summed E-state index contributed by atoms with van der Waals surface area (Å²) in [5.74, 6) is -2.26. The Kier molecular flexibility index (Phi) is 8.04. The molecule has 12 heteroatoms. The number of aryl methyl sites for hydroxylation is 1. The van der Waals surface area contributed by atoms with Gasteiger partial charge in [-0.25, -0.2) is 4.98 Å². The van der Waals surface area contributed by atoms with Gasteiger partial charge in [0.15, 0.2) is 10.9 Å². The number of anilines is 3. The van der Waals surface area contributed by atoms with Gasteiger partial charge in [0.2, 0.25) is 11.8 Å². The molecule has 0 fully saturated rings. The normalized spacial score (nSPS) is 12.1. The summed E-state index contributed by atoms with van der Waals surface area (Å²) in [6.07, 6.45) is 0. The summed E-state index contributed by atoms with van der Waals surface area (Å²) in [4.78, 5) is 32.3. The van der Waals surface area contributed by atoms with Gasteiger partial charge in [-0.3, -0.25) is 14.5 Å². The van der Waals surface area contributed by atoms with E-state index < -0.39 is 11.0 Å². The van der Waals surface area contributed by atoms with E-state index in [2.05, 4.69) is 15.5 Å². The minimum absolute atomic E-state index is 0.00408. The maximum atomic E-state index is 13.4. The molecule has 1 N–H and O–H groups in total. The molecule has 0 aliphatic rings. The molecule has 182 valence electrons. The van der Waals surface area contributed by atoms with Crippen molar-refractivity contribution in [3.8, 4) is 0 Å². The van der Waals surface area contributed by atoms with Crippen LogP contribution in [0.1, 0.15) is 12.7 Å². The van der Waals surface area contributed by atoms with Crippen LogP contribution in [0.25, 0.3) is 10.2 Å². The molecule has 0 spiro atoms. The zero-order valence-corrected chi connectivity index (χ0v) is 21.1. The predicted octanol–water partition coefficient (Wildman–Crippen LogP) is 6.33. The summed E-state index contributed by atoms with van der Waals surface area (Å²) in [5, 5.41) is 6.31. The van der Waals surface area contributed by atoms with E-state index in [4.69, 9.17) is 4.52 Å². The number of thioether (sulfide) groups is 2. The van der Waals surface area contributed by atoms with Crippen molar-refractivity contribution in [2.24, 2.45) is 0 Å². The first-order valence-electron chi connectivity index (χ1n) is 10.4. The van der Waals surface area contributed by atoms with E-state index in [-0.39, 0.29) is 17.6 Å². The van der Waals surface area contributed by atoms with Gasteiger partial charge >= 0.3 is 0 Å². The number of para-hydroxylation sites is 1. The Labute approximate surface area is 212 Å². The average Bonchev–Trinajstić information content (AvgIpc) is 3.43. The Morgan fingerprint density at radius 3 is 2.57 bits per heavy atom. The van der Waals surface area contributed by atoms with Crippen LogP contribution in [0.5, 0.6) is 0 Å². The molecule has 2 heterocycles. The number of benzene rings is 2. The molecule has 0 saturated carbocycles. The van der Waals surface area contributed by atoms with Crippen molar-refractivity contribution in [1.29, 1.82) is 0 Å². The maximum absolute atomic E-state index is 13.4. The van der Waals surface area contributed by atoms with Gasteiger partial charge in [0.05, 0.1) is 26.9 Å². The lowest BCUT2D eigenvalue weighted by molar-refractivity contribution is -0.115. The Balaban J connectivity index is 1.52. The molecule has 0 aliphatic heterocycles. The summed E-state index contributed by atoms with van der Waals surface area (Å²) in [6, 6.07) is 15.4. The molecule has 35 heavy (non-hydrogen) atoms. The Hall–Kier alpha value is -2.96. The van der Waals surface area contributed by atoms with Gasteiger partial charge in [-0.15, -0.1) is 11.8 Å². The first-order valence-corrected chi connectivity index (χ1v) is 13.1. The van der Waals surface area contributed by atoms with Crippen molar-refractivity contribution in [1.82, 2.24) is 10.1 Å². The number of halogens is 2. The molecule has 0 aliphatic carbocycles. The van der Waals surface area contributed by atoms with E-state index in [1.807, 2.05) is 24.3 Å². The summed E-state index contributed by atoms with van der Waals surface area (Å²) < 4.78 is 31.3. The quantitative estimate of drug-likeness (QED) is 0.251. The van der Waals surface area contributed by atoms with Crippen LogP contribution < -0.4 is 10.2 Å². The second-order valence-electron chi connectivity index (χ2n) is 7.33. The first kappa shape index (κ1) is 25.1. The molecule has 7 nitrogen and oxygen atoms in total. The number of hydrogen-bond donors (Lipinski definition) is 1. The highest BCUT2D eigenvalue weighted by molar-refractivity contribution is 8.01. The Morgan fingerprint density at radius 1 is 1.17 bits per heavy atom. The van der Waals surface area contributed by atoms with E-state index in [9.17, 15) is 18.4 Å². The van der Waals surface area contributed by atoms with Gasteiger partial charge in [-0.2, -0.15) is 8.78 Å². The fourth-order valence-electron chi connectivity index (χ4n) is 3.08. The number of carbonyl (C=O) groups is 2. The fourth-order valence-corrected chi connectivity index (χ4v) is 5.32. The lowest BCUT2D eigenvalue weighted by Gasteiger charge is -2.21. The fraction of sp³-hybridized carbons (Fsp3) is 0.217. The molecular weight excluding hydrogens is 514 g/mol. The third-order valence-corrected chi connectivity index (χ3v) is 7.62. The van der Waals surface area contributed by atoms with Crippen LogP contribution in [0.3, 0.4) is 0 Å². The number of thiazole rings is 1. The maximum Gasteiger partial charge on any atom is 0.288 e. The van der Waals surface area contributed by atoms with Gasteiger partial charge in [-0.05, 0) is 50.2 Å². The minimum atomic E-state index is -2.53. The van der Waals surface area contributed by atoms with E-state index in [0.29, 0.717) is 39.1 Å². The van der Waals surface area contributed by atoms with Crippen LogP contribution in [0.4, 0.5) is 25.4 Å². The first-order chi connectivity index (χ1) is 16.8. The second kappa shape index (κ2) is 11.2. The van der Waals surface area contributed by atoms with Crippen molar-refractivity contribution in [3.63, 3.8) is 0 Å². The van der Waals surface area contributed by atoms with E-state index in [1.165, 1.54) is 28.0 Å². The predicted molar refractivity (Wildman–Crippen MR) is 137 cm³/mol. The van der Waals surface area contributed by atoms with E-state index >= 15 is 0 Å². The van der Waals surface area contributed by atoms with Crippen LogP contribution in [0.2, 0.25) is 0 Å². The number of carbonyl (C=O) groups excluding carboxylic acids is 2. The van der Waals surface area contributed by atoms with Crippen LogP contribution in [-0.2, 0) is 9.59 Å².